The summed E-state index contributed by atoms with van der Waals surface area (Å²) >= 11 is 0. The molecule has 0 unspecified atom stereocenters. The number of aryl methyl sites for hydroxylation is 1. The molecule has 2 heterocycles. The highest BCUT2D eigenvalue weighted by molar-refractivity contribution is 5.95. The number of amides is 1. The molecule has 0 radical (unpaired) electrons. The summed E-state index contributed by atoms with van der Waals surface area (Å²) in [7, 11) is 0. The topological polar surface area (TPSA) is 72.2 Å². The quantitative estimate of drug-likeness (QED) is 0.395. The maximum Gasteiger partial charge on any atom is 0.271 e. The smallest absolute Gasteiger partial charge is 0.267 e. The highest BCUT2D eigenvalue weighted by Gasteiger charge is 2.11. The van der Waals surface area contributed by atoms with Crippen LogP contribution in [0.5, 0.6) is 0 Å². The van der Waals surface area contributed by atoms with Gasteiger partial charge in [-0.2, -0.15) is 10.2 Å². The number of carbonyl (C=O) groups excluding carboxylic acids is 1. The number of pyridine rings is 1. The van der Waals surface area contributed by atoms with E-state index in [4.69, 9.17) is 5.10 Å². The lowest BCUT2D eigenvalue weighted by Gasteiger charge is -2.02. The second kappa shape index (κ2) is 8.96. The SMILES string of the molecule is Cc1ccc(-c2nn(Cc3ccccc3)cc2/C=N\NC(=O)c2ccncc2)cc1. The van der Waals surface area contributed by atoms with Gasteiger partial charge in [-0.15, -0.1) is 0 Å². The molecule has 0 fully saturated rings. The first kappa shape index (κ1) is 19.3. The molecular formula is C24H21N5O. The van der Waals surface area contributed by atoms with E-state index >= 15 is 0 Å². The zero-order chi connectivity index (χ0) is 20.8. The normalized spacial score (nSPS) is 11.0. The van der Waals surface area contributed by atoms with Crippen molar-refractivity contribution in [2.24, 2.45) is 5.10 Å². The molecule has 2 aromatic carbocycles. The summed E-state index contributed by atoms with van der Waals surface area (Å²) in [6.45, 7) is 2.70. The van der Waals surface area contributed by atoms with Crippen LogP contribution in [-0.4, -0.2) is 26.9 Å². The van der Waals surface area contributed by atoms with Crippen LogP contribution in [0.25, 0.3) is 11.3 Å². The first-order valence-electron chi connectivity index (χ1n) is 9.61. The van der Waals surface area contributed by atoms with Crippen LogP contribution in [0.3, 0.4) is 0 Å². The van der Waals surface area contributed by atoms with Gasteiger partial charge in [0.15, 0.2) is 0 Å². The van der Waals surface area contributed by atoms with Crippen LogP contribution in [0.15, 0.2) is 90.4 Å². The van der Waals surface area contributed by atoms with Gasteiger partial charge in [0.1, 0.15) is 5.69 Å². The Morgan fingerprint density at radius 1 is 1.03 bits per heavy atom. The number of nitrogens with one attached hydrogen (secondary N) is 1. The lowest BCUT2D eigenvalue weighted by molar-refractivity contribution is 0.0955. The Bertz CT molecular complexity index is 1150. The molecule has 2 aromatic heterocycles. The monoisotopic (exact) mass is 395 g/mol. The van der Waals surface area contributed by atoms with Crippen LogP contribution in [0.4, 0.5) is 0 Å². The summed E-state index contributed by atoms with van der Waals surface area (Å²) < 4.78 is 1.89. The van der Waals surface area contributed by atoms with E-state index in [-0.39, 0.29) is 5.91 Å². The number of carbonyl (C=O) groups is 1. The molecule has 4 aromatic rings. The van der Waals surface area contributed by atoms with E-state index in [9.17, 15) is 4.79 Å². The zero-order valence-electron chi connectivity index (χ0n) is 16.6. The third kappa shape index (κ3) is 4.67. The fraction of sp³-hybridized carbons (Fsp3) is 0.0833. The van der Waals surface area contributed by atoms with Crippen LogP contribution in [0, 0.1) is 6.92 Å². The van der Waals surface area contributed by atoms with E-state index in [0.29, 0.717) is 12.1 Å². The van der Waals surface area contributed by atoms with Crippen LogP contribution in [0.1, 0.15) is 27.0 Å². The van der Waals surface area contributed by atoms with Crippen molar-refractivity contribution < 1.29 is 4.79 Å². The summed E-state index contributed by atoms with van der Waals surface area (Å²) in [4.78, 5) is 16.1. The Hall–Kier alpha value is -4.06. The molecule has 0 aliphatic carbocycles. The number of benzene rings is 2. The maximum atomic E-state index is 12.2. The average molecular weight is 395 g/mol. The Morgan fingerprint density at radius 2 is 1.77 bits per heavy atom. The summed E-state index contributed by atoms with van der Waals surface area (Å²) in [5.74, 6) is -0.290. The van der Waals surface area contributed by atoms with Crippen molar-refractivity contribution in [1.29, 1.82) is 0 Å². The van der Waals surface area contributed by atoms with Crippen LogP contribution in [-0.2, 0) is 6.54 Å². The summed E-state index contributed by atoms with van der Waals surface area (Å²) in [5, 5.41) is 8.91. The van der Waals surface area contributed by atoms with Crippen molar-refractivity contribution in [3.8, 4) is 11.3 Å². The standard InChI is InChI=1S/C24H21N5O/c1-18-7-9-20(10-8-18)23-22(15-26-27-24(30)21-11-13-25-14-12-21)17-29(28-23)16-19-5-3-2-4-6-19/h2-15,17H,16H2,1H3,(H,27,30)/b26-15-. The van der Waals surface area contributed by atoms with Crippen molar-refractivity contribution in [3.05, 3.63) is 108 Å². The number of nitrogens with zero attached hydrogens (tertiary/aromatic N) is 4. The van der Waals surface area contributed by atoms with Gasteiger partial charge >= 0.3 is 0 Å². The summed E-state index contributed by atoms with van der Waals surface area (Å²) in [5.41, 5.74) is 8.03. The van der Waals surface area contributed by atoms with Gasteiger partial charge in [0.05, 0.1) is 12.8 Å². The minimum Gasteiger partial charge on any atom is -0.267 e. The number of aromatic nitrogens is 3. The van der Waals surface area contributed by atoms with Crippen LogP contribution >= 0.6 is 0 Å². The molecule has 1 amide bonds. The second-order valence-electron chi connectivity index (χ2n) is 6.92. The molecule has 0 aliphatic rings. The van der Waals surface area contributed by atoms with Gasteiger partial charge in [-0.1, -0.05) is 60.2 Å². The molecule has 0 atom stereocenters. The molecule has 148 valence electrons. The van der Waals surface area contributed by atoms with Gasteiger partial charge in [-0.25, -0.2) is 5.43 Å². The van der Waals surface area contributed by atoms with Gasteiger partial charge in [0.2, 0.25) is 0 Å². The molecule has 30 heavy (non-hydrogen) atoms. The Balaban J connectivity index is 1.59. The molecule has 0 saturated carbocycles. The van der Waals surface area contributed by atoms with Crippen LogP contribution < -0.4 is 5.43 Å². The van der Waals surface area contributed by atoms with E-state index in [1.165, 1.54) is 5.56 Å². The van der Waals surface area contributed by atoms with Crippen molar-refractivity contribution in [2.45, 2.75) is 13.5 Å². The van der Waals surface area contributed by atoms with Crippen molar-refractivity contribution >= 4 is 12.1 Å². The third-order valence-corrected chi connectivity index (χ3v) is 4.61. The predicted molar refractivity (Wildman–Crippen MR) is 117 cm³/mol. The first-order valence-corrected chi connectivity index (χ1v) is 9.61. The average Bonchev–Trinajstić information content (AvgIpc) is 3.18. The van der Waals surface area contributed by atoms with Crippen molar-refractivity contribution in [3.63, 3.8) is 0 Å². The maximum absolute atomic E-state index is 12.2. The molecule has 1 N–H and O–H groups in total. The number of hydrazone groups is 1. The Kier molecular flexibility index (Phi) is 5.75. The minimum absolute atomic E-state index is 0.290. The Morgan fingerprint density at radius 3 is 2.50 bits per heavy atom. The fourth-order valence-corrected chi connectivity index (χ4v) is 3.05. The fourth-order valence-electron chi connectivity index (χ4n) is 3.05. The van der Waals surface area contributed by atoms with Crippen molar-refractivity contribution in [1.82, 2.24) is 20.2 Å². The van der Waals surface area contributed by atoms with E-state index < -0.39 is 0 Å². The predicted octanol–water partition coefficient (Wildman–Crippen LogP) is 4.07. The molecule has 6 nitrogen and oxygen atoms in total. The lowest BCUT2D eigenvalue weighted by Crippen LogP contribution is -2.17. The Labute approximate surface area is 174 Å². The molecule has 0 aliphatic heterocycles. The van der Waals surface area contributed by atoms with E-state index in [2.05, 4.69) is 46.7 Å². The highest BCUT2D eigenvalue weighted by Crippen LogP contribution is 2.22. The van der Waals surface area contributed by atoms with Gasteiger partial charge < -0.3 is 0 Å². The summed E-state index contributed by atoms with van der Waals surface area (Å²) in [6.07, 6.45) is 6.70. The number of rotatable bonds is 6. The summed E-state index contributed by atoms with van der Waals surface area (Å²) in [6, 6.07) is 21.6. The lowest BCUT2D eigenvalue weighted by atomic mass is 10.1. The van der Waals surface area contributed by atoms with E-state index in [1.807, 2.05) is 41.2 Å². The largest absolute Gasteiger partial charge is 0.271 e. The first-order chi connectivity index (χ1) is 14.7. The molecule has 0 saturated heterocycles. The third-order valence-electron chi connectivity index (χ3n) is 4.61. The zero-order valence-corrected chi connectivity index (χ0v) is 16.6. The molecular weight excluding hydrogens is 374 g/mol. The minimum atomic E-state index is -0.290. The molecule has 0 spiro atoms. The van der Waals surface area contributed by atoms with Crippen LogP contribution in [0.2, 0.25) is 0 Å². The van der Waals surface area contributed by atoms with Gasteiger partial charge in [0, 0.05) is 35.3 Å². The molecule has 6 heteroatoms. The van der Waals surface area contributed by atoms with Gasteiger partial charge in [0.25, 0.3) is 5.91 Å². The van der Waals surface area contributed by atoms with Gasteiger partial charge in [-0.05, 0) is 24.6 Å². The van der Waals surface area contributed by atoms with Gasteiger partial charge in [-0.3, -0.25) is 14.5 Å². The molecule has 4 rings (SSSR count). The number of hydrogen-bond acceptors (Lipinski definition) is 4. The second-order valence-corrected chi connectivity index (χ2v) is 6.92. The molecule has 0 bridgehead atoms. The van der Waals surface area contributed by atoms with E-state index in [1.54, 1.807) is 30.7 Å². The highest BCUT2D eigenvalue weighted by atomic mass is 16.2. The van der Waals surface area contributed by atoms with E-state index in [0.717, 1.165) is 22.4 Å². The number of hydrogen-bond donors (Lipinski definition) is 1. The van der Waals surface area contributed by atoms with Crippen molar-refractivity contribution in [2.75, 3.05) is 0 Å².